The van der Waals surface area contributed by atoms with Crippen LogP contribution in [0.1, 0.15) is 88.7 Å². The van der Waals surface area contributed by atoms with Crippen molar-refractivity contribution in [2.45, 2.75) is 98.1 Å². The molecule has 14 nitrogen and oxygen atoms in total. The summed E-state index contributed by atoms with van der Waals surface area (Å²) in [7, 11) is 0. The number of allylic oxidation sites excluding steroid dienone is 4. The SMILES string of the molecule is CC(=O)OCC(=O)[C@@]12N=C(C)O[C@@H]1C[C@H]1[C@@H]3CCC4=CC(=O)C=C[C@]4(C)[C@H]3[C@@H](O)C[C@@]12C.CCN(CC)Cc1ccc2cc(COC(=O)Nc3ccc(C(=O)NO)cc3)ccc2c1.Cl. The summed E-state index contributed by atoms with van der Waals surface area (Å²) in [5, 5.41) is 25.0. The number of hydrogen-bond donors (Lipinski definition) is 4. The number of rotatable bonds is 11. The highest BCUT2D eigenvalue weighted by Crippen LogP contribution is 2.69. The summed E-state index contributed by atoms with van der Waals surface area (Å²) in [6, 6.07) is 18.5. The van der Waals surface area contributed by atoms with Crippen LogP contribution in [-0.2, 0) is 41.7 Å². The van der Waals surface area contributed by atoms with E-state index in [-0.39, 0.29) is 65.9 Å². The molecular formula is C49H59ClN4O10. The van der Waals surface area contributed by atoms with Crippen molar-refractivity contribution in [2.24, 2.45) is 33.6 Å². The zero-order valence-corrected chi connectivity index (χ0v) is 38.0. The average molecular weight is 899 g/mol. The predicted octanol–water partition coefficient (Wildman–Crippen LogP) is 7.53. The van der Waals surface area contributed by atoms with Crippen LogP contribution in [0.4, 0.5) is 10.5 Å². The molecule has 342 valence electrons. The number of halogens is 1. The predicted molar refractivity (Wildman–Crippen MR) is 243 cm³/mol. The van der Waals surface area contributed by atoms with Crippen LogP contribution in [0.25, 0.3) is 10.8 Å². The second kappa shape index (κ2) is 19.4. The molecule has 3 aromatic carbocycles. The van der Waals surface area contributed by atoms with E-state index in [2.05, 4.69) is 56.1 Å². The number of carbonyl (C=O) groups is 5. The van der Waals surface area contributed by atoms with E-state index >= 15 is 0 Å². The van der Waals surface area contributed by atoms with Gasteiger partial charge in [0.05, 0.1) is 6.10 Å². The maximum Gasteiger partial charge on any atom is 0.411 e. The van der Waals surface area contributed by atoms with E-state index in [1.165, 1.54) is 24.6 Å². The fourth-order valence-corrected chi connectivity index (χ4v) is 11.3. The Hall–Kier alpha value is -5.41. The monoisotopic (exact) mass is 898 g/mol. The second-order valence-corrected chi connectivity index (χ2v) is 17.9. The maximum absolute atomic E-state index is 13.5. The maximum atomic E-state index is 13.5. The molecule has 0 unspecified atom stereocenters. The number of esters is 1. The summed E-state index contributed by atoms with van der Waals surface area (Å²) in [5.74, 6) is -0.634. The topological polar surface area (TPSA) is 193 Å². The number of carbonyl (C=O) groups excluding carboxylic acids is 5. The molecular weight excluding hydrogens is 840 g/mol. The second-order valence-electron chi connectivity index (χ2n) is 17.9. The Kier molecular flexibility index (Phi) is 14.5. The third-order valence-electron chi connectivity index (χ3n) is 14.3. The summed E-state index contributed by atoms with van der Waals surface area (Å²) < 4.78 is 16.5. The summed E-state index contributed by atoms with van der Waals surface area (Å²) in [6.45, 7) is 14.3. The van der Waals surface area contributed by atoms with Gasteiger partial charge in [-0.1, -0.05) is 63.6 Å². The summed E-state index contributed by atoms with van der Waals surface area (Å²) in [4.78, 5) is 67.5. The standard InChI is InChI=1S/C25H31NO6.C24H27N3O4.ClH/c1-13-26-25(20(30)12-31-14(2)27)21(32-13)10-18-17-6-5-15-9-16(28)7-8-23(15,3)22(17)19(29)11-24(18,25)4;1-3-27(4-2)15-17-5-7-21-14-18(6-8-20(21)13-17)16-31-24(29)25-22-11-9-19(10-12-22)23(28)26-30;/h7-9,17-19,21-22,29H,5-6,10-12H2,1-4H3;5-14,30H,3-4,15-16H2,1-2H3,(H,25,29)(H,26,28);1H/t17-,18-,19-,21+,22+,23-,24-,25+;;/m0../s1. The number of ketones is 2. The minimum absolute atomic E-state index is 0. The number of aliphatic hydroxyl groups excluding tert-OH is 1. The molecule has 0 aromatic heterocycles. The van der Waals surface area contributed by atoms with Crippen molar-refractivity contribution >= 4 is 64.3 Å². The van der Waals surface area contributed by atoms with E-state index in [9.17, 15) is 29.1 Å². The fraction of sp³-hybridized carbons (Fsp3) is 0.469. The van der Waals surface area contributed by atoms with E-state index in [0.29, 0.717) is 24.4 Å². The molecule has 4 N–H and O–H groups in total. The number of hydrogen-bond acceptors (Lipinski definition) is 12. The Balaban J connectivity index is 0.000000209. The molecule has 1 aliphatic heterocycles. The van der Waals surface area contributed by atoms with Crippen molar-refractivity contribution < 1.29 is 48.5 Å². The van der Waals surface area contributed by atoms with Gasteiger partial charge in [-0.15, -0.1) is 12.4 Å². The largest absolute Gasteiger partial charge is 0.475 e. The van der Waals surface area contributed by atoms with Gasteiger partial charge < -0.3 is 19.3 Å². The molecule has 0 saturated heterocycles. The normalized spacial score (nSPS) is 28.3. The smallest absolute Gasteiger partial charge is 0.411 e. The van der Waals surface area contributed by atoms with E-state index in [0.717, 1.165) is 54.4 Å². The van der Waals surface area contributed by atoms with Crippen molar-refractivity contribution in [1.82, 2.24) is 10.4 Å². The van der Waals surface area contributed by atoms with Gasteiger partial charge in [0, 0.05) is 48.4 Å². The number of fused-ring (bicyclic) bond motifs is 8. The van der Waals surface area contributed by atoms with Crippen LogP contribution in [0.3, 0.4) is 0 Å². The van der Waals surface area contributed by atoms with Gasteiger partial charge in [0.15, 0.2) is 23.8 Å². The van der Waals surface area contributed by atoms with Gasteiger partial charge >= 0.3 is 12.1 Å². The highest BCUT2D eigenvalue weighted by molar-refractivity contribution is 6.01. The Morgan fingerprint density at radius 3 is 2.30 bits per heavy atom. The summed E-state index contributed by atoms with van der Waals surface area (Å²) in [6.07, 6.45) is 6.42. The highest BCUT2D eigenvalue weighted by Gasteiger charge is 2.74. The quantitative estimate of drug-likeness (QED) is 0.0845. The molecule has 4 aliphatic carbocycles. The zero-order valence-electron chi connectivity index (χ0n) is 37.2. The lowest BCUT2D eigenvalue weighted by Gasteiger charge is -2.59. The number of Topliss-reactive ketones (excluding diaryl/α,β-unsaturated/α-hetero) is 1. The van der Waals surface area contributed by atoms with Gasteiger partial charge in [-0.25, -0.2) is 15.3 Å². The first-order valence-electron chi connectivity index (χ1n) is 21.8. The van der Waals surface area contributed by atoms with Crippen LogP contribution in [0, 0.1) is 28.6 Å². The molecule has 3 fully saturated rings. The number of hydroxylamine groups is 1. The Bertz CT molecular complexity index is 2380. The first kappa shape index (κ1) is 48.1. The lowest BCUT2D eigenvalue weighted by atomic mass is 9.46. The van der Waals surface area contributed by atoms with Gasteiger partial charge in [-0.05, 0) is 121 Å². The van der Waals surface area contributed by atoms with E-state index in [1.54, 1.807) is 36.7 Å². The third kappa shape index (κ3) is 9.10. The minimum atomic E-state index is -1.15. The highest BCUT2D eigenvalue weighted by atomic mass is 35.5. The third-order valence-corrected chi connectivity index (χ3v) is 14.3. The number of nitrogens with zero attached hydrogens (tertiary/aromatic N) is 2. The van der Waals surface area contributed by atoms with E-state index in [1.807, 2.05) is 24.3 Å². The molecule has 8 atom stereocenters. The molecule has 8 rings (SSSR count). The van der Waals surface area contributed by atoms with Gasteiger partial charge in [0.2, 0.25) is 5.78 Å². The van der Waals surface area contributed by atoms with Crippen molar-refractivity contribution in [3.05, 3.63) is 101 Å². The van der Waals surface area contributed by atoms with Gasteiger partial charge in [-0.3, -0.25) is 34.6 Å². The van der Waals surface area contributed by atoms with Crippen molar-refractivity contribution in [1.29, 1.82) is 0 Å². The van der Waals surface area contributed by atoms with Crippen molar-refractivity contribution in [3.63, 3.8) is 0 Å². The Morgan fingerprint density at radius 1 is 0.969 bits per heavy atom. The van der Waals surface area contributed by atoms with Crippen LogP contribution in [0.2, 0.25) is 0 Å². The molecule has 0 radical (unpaired) electrons. The molecule has 0 bridgehead atoms. The fourth-order valence-electron chi connectivity index (χ4n) is 11.3. The number of aliphatic imine (C=N–C) groups is 1. The zero-order chi connectivity index (χ0) is 45.3. The van der Waals surface area contributed by atoms with Gasteiger partial charge in [0.1, 0.15) is 12.7 Å². The molecule has 15 heteroatoms. The summed E-state index contributed by atoms with van der Waals surface area (Å²) >= 11 is 0. The summed E-state index contributed by atoms with van der Waals surface area (Å²) in [5.41, 5.74) is 3.45. The molecule has 2 amide bonds. The number of anilines is 1. The van der Waals surface area contributed by atoms with E-state index < -0.39 is 41.1 Å². The lowest BCUT2D eigenvalue weighted by Crippen LogP contribution is -2.62. The minimum Gasteiger partial charge on any atom is -0.475 e. The average Bonchev–Trinajstić information content (AvgIpc) is 3.73. The Morgan fingerprint density at radius 2 is 1.64 bits per heavy atom. The van der Waals surface area contributed by atoms with Gasteiger partial charge in [-0.2, -0.15) is 0 Å². The molecule has 1 heterocycles. The lowest BCUT2D eigenvalue weighted by molar-refractivity contribution is -0.155. The van der Waals surface area contributed by atoms with Crippen LogP contribution >= 0.6 is 12.4 Å². The van der Waals surface area contributed by atoms with Crippen LogP contribution in [0.5, 0.6) is 0 Å². The molecule has 64 heavy (non-hydrogen) atoms. The van der Waals surface area contributed by atoms with Crippen molar-refractivity contribution in [2.75, 3.05) is 25.0 Å². The molecule has 0 spiro atoms. The number of aliphatic hydroxyl groups is 1. The number of ether oxygens (including phenoxy) is 3. The number of amides is 2. The first-order chi connectivity index (χ1) is 30.0. The van der Waals surface area contributed by atoms with Crippen LogP contribution < -0.4 is 10.8 Å². The molecule has 3 aromatic rings. The first-order valence-corrected chi connectivity index (χ1v) is 21.8. The van der Waals surface area contributed by atoms with Crippen LogP contribution in [-0.4, -0.2) is 88.1 Å². The van der Waals surface area contributed by atoms with Crippen LogP contribution in [0.15, 0.2) is 89.5 Å². The van der Waals surface area contributed by atoms with Crippen molar-refractivity contribution in [3.8, 4) is 0 Å². The molecule has 3 saturated carbocycles. The Labute approximate surface area is 379 Å². The number of benzene rings is 3. The van der Waals surface area contributed by atoms with Gasteiger partial charge in [0.25, 0.3) is 5.91 Å². The number of nitrogens with one attached hydrogen (secondary N) is 2. The van der Waals surface area contributed by atoms with E-state index in [4.69, 9.17) is 24.4 Å². The molecule has 5 aliphatic rings.